The molecule has 0 amide bonds. The van der Waals surface area contributed by atoms with Crippen molar-refractivity contribution in [3.05, 3.63) is 29.0 Å². The van der Waals surface area contributed by atoms with Gasteiger partial charge in [-0.3, -0.25) is 4.90 Å². The van der Waals surface area contributed by atoms with Gasteiger partial charge in [-0.1, -0.05) is 11.6 Å². The maximum Gasteiger partial charge on any atom is 0.145 e. The fourth-order valence-electron chi connectivity index (χ4n) is 3.30. The van der Waals surface area contributed by atoms with E-state index in [0.717, 1.165) is 19.6 Å². The number of hydrogen-bond donors (Lipinski definition) is 0. The van der Waals surface area contributed by atoms with Gasteiger partial charge in [0.1, 0.15) is 17.2 Å². The van der Waals surface area contributed by atoms with Crippen LogP contribution in [0.2, 0.25) is 5.02 Å². The third-order valence-corrected chi connectivity index (χ3v) is 6.56. The van der Waals surface area contributed by atoms with Crippen LogP contribution in [0.25, 0.3) is 0 Å². The highest BCUT2D eigenvalue weighted by Gasteiger charge is 2.41. The highest BCUT2D eigenvalue weighted by atomic mass is 35.5. The molecule has 1 spiro atoms. The van der Waals surface area contributed by atoms with Gasteiger partial charge in [-0.05, 0) is 68.8 Å². The molecule has 122 valence electrons. The largest absolute Gasteiger partial charge is 0.486 e. The Balaban J connectivity index is 1.55. The van der Waals surface area contributed by atoms with Crippen LogP contribution in [0.4, 0.5) is 4.39 Å². The van der Waals surface area contributed by atoms with E-state index >= 15 is 0 Å². The number of likely N-dealkylation sites (tertiary alicyclic amines) is 1. The number of benzene rings is 1. The van der Waals surface area contributed by atoms with Crippen molar-refractivity contribution in [1.29, 1.82) is 0 Å². The van der Waals surface area contributed by atoms with Gasteiger partial charge >= 0.3 is 0 Å². The second kappa shape index (κ2) is 6.21. The number of piperidine rings is 1. The van der Waals surface area contributed by atoms with Crippen LogP contribution >= 0.6 is 23.4 Å². The molecular weight excluding hydrogens is 321 g/mol. The number of nitrogens with zero attached hydrogens (tertiary/aromatic N) is 1. The van der Waals surface area contributed by atoms with Gasteiger partial charge in [0.2, 0.25) is 0 Å². The summed E-state index contributed by atoms with van der Waals surface area (Å²) in [4.78, 5) is 2.47. The van der Waals surface area contributed by atoms with Crippen molar-refractivity contribution in [3.63, 3.8) is 0 Å². The lowest BCUT2D eigenvalue weighted by atomic mass is 9.81. The highest BCUT2D eigenvalue weighted by Crippen LogP contribution is 2.46. The Bertz CT molecular complexity index is 537. The molecule has 0 N–H and O–H groups in total. The molecule has 0 unspecified atom stereocenters. The molecule has 1 aromatic rings. The molecule has 0 aromatic heterocycles. The van der Waals surface area contributed by atoms with E-state index < -0.39 is 5.82 Å². The fourth-order valence-corrected chi connectivity index (χ4v) is 4.77. The number of hydrogen-bond acceptors (Lipinski definition) is 3. The van der Waals surface area contributed by atoms with Gasteiger partial charge in [0.15, 0.2) is 0 Å². The van der Waals surface area contributed by atoms with E-state index in [4.69, 9.17) is 16.3 Å². The number of rotatable bonds is 4. The van der Waals surface area contributed by atoms with Crippen molar-refractivity contribution >= 4 is 23.4 Å². The van der Waals surface area contributed by atoms with Crippen LogP contribution in [0.5, 0.6) is 5.75 Å². The van der Waals surface area contributed by atoms with Crippen molar-refractivity contribution in [2.24, 2.45) is 5.41 Å². The maximum absolute atomic E-state index is 13.5. The monoisotopic (exact) mass is 343 g/mol. The lowest BCUT2D eigenvalue weighted by Crippen LogP contribution is -2.51. The normalized spacial score (nSPS) is 21.6. The van der Waals surface area contributed by atoms with Crippen LogP contribution in [-0.2, 0) is 0 Å². The first-order valence-corrected chi connectivity index (χ1v) is 9.35. The summed E-state index contributed by atoms with van der Waals surface area (Å²) in [7, 11) is 0. The molecule has 5 heteroatoms. The molecule has 2 nitrogen and oxygen atoms in total. The molecule has 2 heterocycles. The Morgan fingerprint density at radius 3 is 2.55 bits per heavy atom. The Labute approximate surface area is 141 Å². The molecule has 0 atom stereocenters. The van der Waals surface area contributed by atoms with Gasteiger partial charge in [-0.2, -0.15) is 11.8 Å². The van der Waals surface area contributed by atoms with Crippen LogP contribution in [0.3, 0.4) is 0 Å². The van der Waals surface area contributed by atoms with E-state index in [0.29, 0.717) is 11.2 Å². The molecule has 2 saturated heterocycles. The van der Waals surface area contributed by atoms with Crippen LogP contribution in [0.1, 0.15) is 26.7 Å². The Morgan fingerprint density at radius 1 is 1.32 bits per heavy atom. The number of ether oxygens (including phenoxy) is 1. The van der Waals surface area contributed by atoms with Crippen molar-refractivity contribution in [3.8, 4) is 5.75 Å². The Hall–Kier alpha value is -0.450. The van der Waals surface area contributed by atoms with Gasteiger partial charge in [0.05, 0.1) is 5.02 Å². The Kier molecular flexibility index (Phi) is 4.64. The fraction of sp³-hybridized carbons (Fsp3) is 0.647. The number of thioether (sulfide) groups is 1. The smallest absolute Gasteiger partial charge is 0.145 e. The molecule has 2 aliphatic rings. The van der Waals surface area contributed by atoms with E-state index in [-0.39, 0.29) is 10.6 Å². The van der Waals surface area contributed by atoms with Gasteiger partial charge in [-0.25, -0.2) is 4.39 Å². The average Bonchev–Trinajstić information content (AvgIpc) is 2.41. The summed E-state index contributed by atoms with van der Waals surface area (Å²) in [5, 5.41) is 0.129. The van der Waals surface area contributed by atoms with Crippen LogP contribution < -0.4 is 4.74 Å². The topological polar surface area (TPSA) is 12.5 Å². The minimum Gasteiger partial charge on any atom is -0.486 e. The SMILES string of the molecule is CC(C)(CN1CCC2(CC1)CSC2)Oc1ccc(Cl)c(F)c1. The van der Waals surface area contributed by atoms with Gasteiger partial charge < -0.3 is 4.74 Å². The van der Waals surface area contributed by atoms with Gasteiger partial charge in [0, 0.05) is 12.6 Å². The lowest BCUT2D eigenvalue weighted by Gasteiger charge is -2.48. The third-order valence-electron chi connectivity index (χ3n) is 4.62. The molecule has 2 fully saturated rings. The molecule has 0 saturated carbocycles. The summed E-state index contributed by atoms with van der Waals surface area (Å²) < 4.78 is 19.5. The van der Waals surface area contributed by atoms with E-state index in [9.17, 15) is 4.39 Å². The maximum atomic E-state index is 13.5. The second-order valence-corrected chi connectivity index (χ2v) is 8.60. The summed E-state index contributed by atoms with van der Waals surface area (Å²) in [6.45, 7) is 7.26. The predicted octanol–water partition coefficient (Wildman–Crippen LogP) is 4.47. The zero-order valence-corrected chi connectivity index (χ0v) is 14.8. The third kappa shape index (κ3) is 3.72. The summed E-state index contributed by atoms with van der Waals surface area (Å²) in [6.07, 6.45) is 2.59. The molecular formula is C17H23ClFNOS. The van der Waals surface area contributed by atoms with Gasteiger partial charge in [-0.15, -0.1) is 0 Å². The molecule has 22 heavy (non-hydrogen) atoms. The first-order chi connectivity index (χ1) is 10.4. The summed E-state index contributed by atoms with van der Waals surface area (Å²) in [5.41, 5.74) is 0.282. The average molecular weight is 344 g/mol. The zero-order valence-electron chi connectivity index (χ0n) is 13.2. The summed E-state index contributed by atoms with van der Waals surface area (Å²) >= 11 is 7.78. The minimum atomic E-state index is -0.433. The van der Waals surface area contributed by atoms with Gasteiger partial charge in [0.25, 0.3) is 0 Å². The lowest BCUT2D eigenvalue weighted by molar-refractivity contribution is 0.0333. The second-order valence-electron chi connectivity index (χ2n) is 7.21. The first-order valence-electron chi connectivity index (χ1n) is 7.82. The van der Waals surface area contributed by atoms with E-state index in [1.165, 1.54) is 30.4 Å². The van der Waals surface area contributed by atoms with Crippen molar-refractivity contribution in [1.82, 2.24) is 4.90 Å². The Morgan fingerprint density at radius 2 is 2.00 bits per heavy atom. The van der Waals surface area contributed by atoms with Crippen molar-refractivity contribution < 1.29 is 9.13 Å². The molecule has 2 aliphatic heterocycles. The zero-order chi connectivity index (χ0) is 15.8. The van der Waals surface area contributed by atoms with Crippen LogP contribution in [0.15, 0.2) is 18.2 Å². The standard InChI is InChI=1S/C17H23ClFNOS/c1-16(2,21-13-3-4-14(18)15(19)9-13)10-20-7-5-17(6-8-20)11-22-12-17/h3-4,9H,5-8,10-12H2,1-2H3. The van der Waals surface area contributed by atoms with E-state index in [1.54, 1.807) is 12.1 Å². The quantitative estimate of drug-likeness (QED) is 0.800. The minimum absolute atomic E-state index is 0.129. The molecule has 0 radical (unpaired) electrons. The first kappa shape index (κ1) is 16.4. The van der Waals surface area contributed by atoms with Crippen LogP contribution in [-0.4, -0.2) is 41.6 Å². The van der Waals surface area contributed by atoms with Crippen molar-refractivity contribution in [2.45, 2.75) is 32.3 Å². The molecule has 0 bridgehead atoms. The van der Waals surface area contributed by atoms with Crippen molar-refractivity contribution in [2.75, 3.05) is 31.1 Å². The summed E-state index contributed by atoms with van der Waals surface area (Å²) in [6, 6.07) is 4.63. The predicted molar refractivity (Wildman–Crippen MR) is 91.5 cm³/mol. The van der Waals surface area contributed by atoms with E-state index in [2.05, 4.69) is 30.5 Å². The highest BCUT2D eigenvalue weighted by molar-refractivity contribution is 8.00. The van der Waals surface area contributed by atoms with Crippen LogP contribution in [0, 0.1) is 11.2 Å². The molecule has 1 aromatic carbocycles. The molecule has 0 aliphatic carbocycles. The molecule has 3 rings (SSSR count). The summed E-state index contributed by atoms with van der Waals surface area (Å²) in [5.74, 6) is 2.78. The van der Waals surface area contributed by atoms with E-state index in [1.807, 2.05) is 0 Å². The number of halogens is 2.